The molecule has 0 aliphatic rings. The number of imidazole rings is 1. The predicted octanol–water partition coefficient (Wildman–Crippen LogP) is 2.45. The molecule has 3 aromatic rings. The molecule has 0 fully saturated rings. The van der Waals surface area contributed by atoms with E-state index in [0.717, 1.165) is 41.5 Å². The lowest BCUT2D eigenvalue weighted by atomic mass is 10.3. The molecule has 0 saturated heterocycles. The van der Waals surface area contributed by atoms with Gasteiger partial charge < -0.3 is 10.3 Å². The summed E-state index contributed by atoms with van der Waals surface area (Å²) < 4.78 is 1.97. The van der Waals surface area contributed by atoms with Gasteiger partial charge in [0, 0.05) is 13.6 Å². The Balaban J connectivity index is 2.11. The number of nitrogens with zero attached hydrogens (tertiary/aromatic N) is 4. The third kappa shape index (κ3) is 2.03. The van der Waals surface area contributed by atoms with Crippen LogP contribution in [-0.2, 0) is 13.0 Å². The first-order valence-electron chi connectivity index (χ1n) is 6.86. The molecule has 0 saturated carbocycles. The van der Waals surface area contributed by atoms with E-state index in [1.54, 1.807) is 0 Å². The fraction of sp³-hybridized carbons (Fsp3) is 0.357. The first-order valence-corrected chi connectivity index (χ1v) is 6.86. The molecular formula is C14H18N6. The summed E-state index contributed by atoms with van der Waals surface area (Å²) in [5, 5.41) is 7.57. The minimum atomic E-state index is 0.716. The van der Waals surface area contributed by atoms with Crippen molar-refractivity contribution in [2.45, 2.75) is 26.8 Å². The summed E-state index contributed by atoms with van der Waals surface area (Å²) in [4.78, 5) is 12.3. The van der Waals surface area contributed by atoms with Gasteiger partial charge in [0.15, 0.2) is 11.5 Å². The van der Waals surface area contributed by atoms with Crippen molar-refractivity contribution in [3.63, 3.8) is 0 Å². The number of H-pyrrole nitrogens is 1. The van der Waals surface area contributed by atoms with Crippen molar-refractivity contribution in [1.82, 2.24) is 24.7 Å². The van der Waals surface area contributed by atoms with Crippen molar-refractivity contribution >= 4 is 17.0 Å². The van der Waals surface area contributed by atoms with Crippen LogP contribution in [0.15, 0.2) is 18.2 Å². The molecule has 0 amide bonds. The fourth-order valence-electron chi connectivity index (χ4n) is 2.23. The minimum Gasteiger partial charge on any atom is -0.373 e. The lowest BCUT2D eigenvalue weighted by molar-refractivity contribution is 0.653. The van der Waals surface area contributed by atoms with Crippen LogP contribution < -0.4 is 5.32 Å². The Hall–Kier alpha value is -2.37. The summed E-state index contributed by atoms with van der Waals surface area (Å²) in [5.41, 5.74) is 3.73. The van der Waals surface area contributed by atoms with E-state index in [1.807, 2.05) is 23.9 Å². The molecule has 0 radical (unpaired) electrons. The van der Waals surface area contributed by atoms with Crippen LogP contribution in [0.25, 0.3) is 22.7 Å². The van der Waals surface area contributed by atoms with Gasteiger partial charge in [0.1, 0.15) is 11.5 Å². The summed E-state index contributed by atoms with van der Waals surface area (Å²) in [7, 11) is 1.85. The molecule has 3 aromatic heterocycles. The van der Waals surface area contributed by atoms with E-state index in [0.29, 0.717) is 5.65 Å². The number of aryl methyl sites for hydroxylation is 2. The number of pyridine rings is 1. The summed E-state index contributed by atoms with van der Waals surface area (Å²) in [6.45, 7) is 5.00. The molecule has 0 spiro atoms. The molecule has 6 heteroatoms. The van der Waals surface area contributed by atoms with Gasteiger partial charge in [-0.25, -0.2) is 9.97 Å². The summed E-state index contributed by atoms with van der Waals surface area (Å²) in [5.74, 6) is 1.63. The average Bonchev–Trinajstić information content (AvgIpc) is 3.09. The lowest BCUT2D eigenvalue weighted by Crippen LogP contribution is -2.00. The van der Waals surface area contributed by atoms with E-state index in [4.69, 9.17) is 0 Å². The topological polar surface area (TPSA) is 71.4 Å². The molecule has 0 atom stereocenters. The average molecular weight is 270 g/mol. The predicted molar refractivity (Wildman–Crippen MR) is 79.7 cm³/mol. The SMILES string of the molecule is CCc1cc(-c2nc3nc(NC)ccc3[nH]2)n(CC)n1. The van der Waals surface area contributed by atoms with Crippen LogP contribution in [0.1, 0.15) is 19.5 Å². The number of anilines is 1. The van der Waals surface area contributed by atoms with E-state index < -0.39 is 0 Å². The molecule has 3 rings (SSSR count). The van der Waals surface area contributed by atoms with Crippen LogP contribution >= 0.6 is 0 Å². The number of nitrogens with one attached hydrogen (secondary N) is 2. The Bertz CT molecular complexity index is 739. The maximum absolute atomic E-state index is 4.58. The van der Waals surface area contributed by atoms with Gasteiger partial charge in [-0.2, -0.15) is 5.10 Å². The minimum absolute atomic E-state index is 0.716. The van der Waals surface area contributed by atoms with Crippen molar-refractivity contribution in [3.05, 3.63) is 23.9 Å². The van der Waals surface area contributed by atoms with Gasteiger partial charge in [-0.3, -0.25) is 4.68 Å². The van der Waals surface area contributed by atoms with Crippen LogP contribution in [0.4, 0.5) is 5.82 Å². The van der Waals surface area contributed by atoms with Crippen LogP contribution in [0.5, 0.6) is 0 Å². The molecule has 104 valence electrons. The highest BCUT2D eigenvalue weighted by molar-refractivity contribution is 5.76. The van der Waals surface area contributed by atoms with E-state index in [-0.39, 0.29) is 0 Å². The molecule has 20 heavy (non-hydrogen) atoms. The molecule has 0 unspecified atom stereocenters. The van der Waals surface area contributed by atoms with E-state index in [1.165, 1.54) is 0 Å². The van der Waals surface area contributed by atoms with Gasteiger partial charge >= 0.3 is 0 Å². The zero-order chi connectivity index (χ0) is 14.1. The lowest BCUT2D eigenvalue weighted by Gasteiger charge is -1.99. The monoisotopic (exact) mass is 270 g/mol. The van der Waals surface area contributed by atoms with Gasteiger partial charge in [0.05, 0.1) is 11.2 Å². The number of rotatable bonds is 4. The van der Waals surface area contributed by atoms with Crippen LogP contribution in [-0.4, -0.2) is 31.8 Å². The van der Waals surface area contributed by atoms with Gasteiger partial charge in [0.2, 0.25) is 0 Å². The molecular weight excluding hydrogens is 252 g/mol. The Kier molecular flexibility index (Phi) is 3.14. The molecule has 0 aliphatic carbocycles. The highest BCUT2D eigenvalue weighted by Gasteiger charge is 2.13. The van der Waals surface area contributed by atoms with Crippen molar-refractivity contribution < 1.29 is 0 Å². The molecule has 0 bridgehead atoms. The molecule has 6 nitrogen and oxygen atoms in total. The molecule has 0 aliphatic heterocycles. The second-order valence-electron chi connectivity index (χ2n) is 4.59. The largest absolute Gasteiger partial charge is 0.373 e. The Morgan fingerprint density at radius 2 is 2.10 bits per heavy atom. The number of aromatic amines is 1. The van der Waals surface area contributed by atoms with Gasteiger partial charge in [-0.1, -0.05) is 6.92 Å². The van der Waals surface area contributed by atoms with Gasteiger partial charge in [-0.15, -0.1) is 0 Å². The summed E-state index contributed by atoms with van der Waals surface area (Å²) in [6.07, 6.45) is 0.919. The second kappa shape index (κ2) is 4.96. The van der Waals surface area contributed by atoms with Crippen molar-refractivity contribution in [1.29, 1.82) is 0 Å². The first-order chi connectivity index (χ1) is 9.75. The van der Waals surface area contributed by atoms with Crippen LogP contribution in [0.3, 0.4) is 0 Å². The second-order valence-corrected chi connectivity index (χ2v) is 4.59. The maximum Gasteiger partial charge on any atom is 0.180 e. The van der Waals surface area contributed by atoms with Crippen LogP contribution in [0.2, 0.25) is 0 Å². The van der Waals surface area contributed by atoms with Crippen molar-refractivity contribution in [2.75, 3.05) is 12.4 Å². The third-order valence-electron chi connectivity index (χ3n) is 3.34. The smallest absolute Gasteiger partial charge is 0.180 e. The number of hydrogen-bond donors (Lipinski definition) is 2. The van der Waals surface area contributed by atoms with E-state index in [9.17, 15) is 0 Å². The Morgan fingerprint density at radius 3 is 2.80 bits per heavy atom. The van der Waals surface area contributed by atoms with E-state index in [2.05, 4.69) is 45.3 Å². The van der Waals surface area contributed by atoms with Gasteiger partial charge in [-0.05, 0) is 31.5 Å². The number of hydrogen-bond acceptors (Lipinski definition) is 4. The fourth-order valence-corrected chi connectivity index (χ4v) is 2.23. The quantitative estimate of drug-likeness (QED) is 0.764. The summed E-state index contributed by atoms with van der Waals surface area (Å²) in [6, 6.07) is 6.00. The van der Waals surface area contributed by atoms with Crippen molar-refractivity contribution in [2.24, 2.45) is 0 Å². The normalized spacial score (nSPS) is 11.2. The van der Waals surface area contributed by atoms with Gasteiger partial charge in [0.25, 0.3) is 0 Å². The highest BCUT2D eigenvalue weighted by atomic mass is 15.3. The number of fused-ring (bicyclic) bond motifs is 1. The molecule has 2 N–H and O–H groups in total. The Morgan fingerprint density at radius 1 is 1.25 bits per heavy atom. The molecule has 3 heterocycles. The molecule has 0 aromatic carbocycles. The highest BCUT2D eigenvalue weighted by Crippen LogP contribution is 2.21. The van der Waals surface area contributed by atoms with E-state index >= 15 is 0 Å². The van der Waals surface area contributed by atoms with Crippen molar-refractivity contribution in [3.8, 4) is 11.5 Å². The zero-order valence-corrected chi connectivity index (χ0v) is 11.9. The third-order valence-corrected chi connectivity index (χ3v) is 3.34. The summed E-state index contributed by atoms with van der Waals surface area (Å²) >= 11 is 0. The zero-order valence-electron chi connectivity index (χ0n) is 11.9. The Labute approximate surface area is 117 Å². The van der Waals surface area contributed by atoms with Crippen LogP contribution in [0, 0.1) is 0 Å². The standard InChI is InChI=1S/C14H18N6/c1-4-9-8-11(20(5-2)19-9)14-16-10-6-7-12(15-3)17-13(10)18-14/h6-8H,4-5H2,1-3H3,(H2,15,16,17,18). The maximum atomic E-state index is 4.58. The number of aromatic nitrogens is 5. The first kappa shape index (κ1) is 12.7.